The first kappa shape index (κ1) is 21.9. The Morgan fingerprint density at radius 2 is 1.93 bits per heavy atom. The molecule has 2 fully saturated rings. The van der Waals surface area contributed by atoms with Gasteiger partial charge in [-0.15, -0.1) is 6.58 Å². The zero-order chi connectivity index (χ0) is 20.7. The Bertz CT molecular complexity index is 641. The van der Waals surface area contributed by atoms with Gasteiger partial charge in [-0.25, -0.2) is 0 Å². The normalized spacial score (nSPS) is 34.9. The van der Waals surface area contributed by atoms with Crippen LogP contribution in [0.25, 0.3) is 0 Å². The van der Waals surface area contributed by atoms with Gasteiger partial charge < -0.3 is 13.9 Å². The van der Waals surface area contributed by atoms with Crippen LogP contribution in [0.3, 0.4) is 0 Å². The second-order valence-corrected chi connectivity index (χ2v) is 15.3. The molecule has 0 aromatic rings. The van der Waals surface area contributed by atoms with E-state index in [1.54, 1.807) is 0 Å². The molecule has 4 atom stereocenters. The van der Waals surface area contributed by atoms with Crippen LogP contribution in [0.15, 0.2) is 24.3 Å². The number of carbonyl (C=O) groups excluding carboxylic acids is 1. The third-order valence-corrected chi connectivity index (χ3v) is 12.1. The minimum Gasteiger partial charge on any atom is -0.410 e. The van der Waals surface area contributed by atoms with Crippen molar-refractivity contribution in [2.24, 2.45) is 17.3 Å². The molecule has 1 saturated carbocycles. The fourth-order valence-electron chi connectivity index (χ4n) is 4.90. The number of hydrogen-bond acceptors (Lipinski definition) is 4. The lowest BCUT2D eigenvalue weighted by molar-refractivity contribution is -0.139. The highest BCUT2D eigenvalue weighted by Crippen LogP contribution is 2.55. The largest absolute Gasteiger partial charge is 0.410 e. The first-order chi connectivity index (χ1) is 13.0. The van der Waals surface area contributed by atoms with E-state index < -0.39 is 8.32 Å². The number of carbonyl (C=O) groups is 1. The summed E-state index contributed by atoms with van der Waals surface area (Å²) in [5.74, 6) is 0.493. The minimum absolute atomic E-state index is 0.00164. The monoisotopic (exact) mass is 406 g/mol. The number of hydrogen-bond donors (Lipinski definition) is 0. The van der Waals surface area contributed by atoms with Gasteiger partial charge in [0.05, 0.1) is 19.3 Å². The highest BCUT2D eigenvalue weighted by molar-refractivity contribution is 6.74. The van der Waals surface area contributed by atoms with Crippen LogP contribution in [-0.2, 0) is 18.7 Å². The van der Waals surface area contributed by atoms with E-state index in [1.165, 1.54) is 5.57 Å². The minimum atomic E-state index is -1.94. The highest BCUT2D eigenvalue weighted by Gasteiger charge is 2.54. The fourth-order valence-corrected chi connectivity index (χ4v) is 6.21. The van der Waals surface area contributed by atoms with E-state index >= 15 is 0 Å². The van der Waals surface area contributed by atoms with Crippen molar-refractivity contribution in [1.82, 2.24) is 0 Å². The Balaban J connectivity index is 1.95. The Hall–Kier alpha value is -0.753. The molecule has 0 aromatic carbocycles. The Morgan fingerprint density at radius 3 is 2.50 bits per heavy atom. The molecule has 0 radical (unpaired) electrons. The van der Waals surface area contributed by atoms with Crippen LogP contribution in [0.4, 0.5) is 0 Å². The van der Waals surface area contributed by atoms with Crippen molar-refractivity contribution in [3.05, 3.63) is 24.3 Å². The van der Waals surface area contributed by atoms with Crippen LogP contribution in [0.1, 0.15) is 53.4 Å². The van der Waals surface area contributed by atoms with Gasteiger partial charge >= 0.3 is 0 Å². The Labute approximate surface area is 171 Å². The summed E-state index contributed by atoms with van der Waals surface area (Å²) in [7, 11) is -1.94. The summed E-state index contributed by atoms with van der Waals surface area (Å²) in [6, 6.07) is 0. The zero-order valence-electron chi connectivity index (χ0n) is 18.5. The molecule has 0 aromatic heterocycles. The molecular weight excluding hydrogens is 368 g/mol. The molecule has 0 amide bonds. The number of ether oxygens (including phenoxy) is 2. The number of ketones is 1. The lowest BCUT2D eigenvalue weighted by Gasteiger charge is -2.53. The van der Waals surface area contributed by atoms with Gasteiger partial charge in [0.2, 0.25) is 0 Å². The standard InChI is InChI=1S/C23H38O4Si/c1-8-9-16-15-23(5)17(21-25-12-13-26-21)10-11-20(18(23)14-19(16)24)27-28(6,7)22(2,3)4/h8,14,16-17,20-21H,1,9-13,15H2,2-7H3/t16-,17-,20-,23-/m1/s1. The third kappa shape index (κ3) is 3.96. The van der Waals surface area contributed by atoms with Gasteiger partial charge in [-0.3, -0.25) is 4.79 Å². The highest BCUT2D eigenvalue weighted by atomic mass is 28.4. The van der Waals surface area contributed by atoms with E-state index in [0.29, 0.717) is 13.2 Å². The van der Waals surface area contributed by atoms with Crippen LogP contribution in [0, 0.1) is 17.3 Å². The first-order valence-electron chi connectivity index (χ1n) is 10.8. The van der Waals surface area contributed by atoms with Crippen molar-refractivity contribution in [1.29, 1.82) is 0 Å². The molecule has 158 valence electrons. The molecule has 0 unspecified atom stereocenters. The molecule has 0 bridgehead atoms. The van der Waals surface area contributed by atoms with Crippen molar-refractivity contribution in [3.8, 4) is 0 Å². The third-order valence-electron chi connectivity index (χ3n) is 7.61. The van der Waals surface area contributed by atoms with Crippen molar-refractivity contribution in [2.45, 2.75) is 83.9 Å². The molecule has 4 nitrogen and oxygen atoms in total. The lowest BCUT2D eigenvalue weighted by Crippen LogP contribution is -2.53. The van der Waals surface area contributed by atoms with Crippen LogP contribution in [0.2, 0.25) is 18.1 Å². The van der Waals surface area contributed by atoms with E-state index in [0.717, 1.165) is 25.7 Å². The van der Waals surface area contributed by atoms with Gasteiger partial charge in [0, 0.05) is 11.8 Å². The molecule has 3 aliphatic rings. The van der Waals surface area contributed by atoms with Crippen molar-refractivity contribution >= 4 is 14.1 Å². The molecule has 1 heterocycles. The summed E-state index contributed by atoms with van der Waals surface area (Å²) in [5.41, 5.74) is 1.04. The van der Waals surface area contributed by atoms with Gasteiger partial charge in [0.25, 0.3) is 0 Å². The van der Waals surface area contributed by atoms with E-state index in [9.17, 15) is 4.79 Å². The maximum atomic E-state index is 12.9. The zero-order valence-corrected chi connectivity index (χ0v) is 19.5. The van der Waals surface area contributed by atoms with Gasteiger partial charge in [0.1, 0.15) is 0 Å². The summed E-state index contributed by atoms with van der Waals surface area (Å²) in [4.78, 5) is 12.9. The summed E-state index contributed by atoms with van der Waals surface area (Å²) < 4.78 is 18.7. The number of allylic oxidation sites excluding steroid dienone is 2. The van der Waals surface area contributed by atoms with Gasteiger partial charge in [0.15, 0.2) is 20.4 Å². The second kappa shape index (κ2) is 7.82. The maximum absolute atomic E-state index is 12.9. The molecular formula is C23H38O4Si. The summed E-state index contributed by atoms with van der Waals surface area (Å²) in [6.45, 7) is 18.9. The molecule has 5 heteroatoms. The quantitative estimate of drug-likeness (QED) is 0.461. The predicted molar refractivity (Wildman–Crippen MR) is 115 cm³/mol. The van der Waals surface area contributed by atoms with Crippen LogP contribution >= 0.6 is 0 Å². The SMILES string of the molecule is C=CC[C@@H]1C[C@@]2(C)C(=CC1=O)[C@H](O[Si](C)(C)C(C)(C)C)CC[C@@H]2C1OCCO1. The van der Waals surface area contributed by atoms with Crippen molar-refractivity contribution in [3.63, 3.8) is 0 Å². The molecule has 0 N–H and O–H groups in total. The molecule has 1 aliphatic heterocycles. The molecule has 0 spiro atoms. The van der Waals surface area contributed by atoms with Crippen LogP contribution < -0.4 is 0 Å². The van der Waals surface area contributed by atoms with E-state index in [2.05, 4.69) is 47.4 Å². The molecule has 2 aliphatic carbocycles. The van der Waals surface area contributed by atoms with Crippen molar-refractivity contribution < 1.29 is 18.7 Å². The van der Waals surface area contributed by atoms with Crippen molar-refractivity contribution in [2.75, 3.05) is 13.2 Å². The second-order valence-electron chi connectivity index (χ2n) is 10.5. The lowest BCUT2D eigenvalue weighted by atomic mass is 9.56. The number of rotatable bonds is 5. The van der Waals surface area contributed by atoms with Crippen LogP contribution in [-0.4, -0.2) is 39.7 Å². The molecule has 3 rings (SSSR count). The van der Waals surface area contributed by atoms with Gasteiger partial charge in [-0.05, 0) is 60.9 Å². The topological polar surface area (TPSA) is 44.8 Å². The average molecular weight is 407 g/mol. The summed E-state index contributed by atoms with van der Waals surface area (Å²) in [5, 5.41) is 0.141. The Kier molecular flexibility index (Phi) is 6.13. The maximum Gasteiger partial charge on any atom is 0.192 e. The van der Waals surface area contributed by atoms with E-state index in [-0.39, 0.29) is 40.5 Å². The Morgan fingerprint density at radius 1 is 1.29 bits per heavy atom. The molecule has 28 heavy (non-hydrogen) atoms. The predicted octanol–water partition coefficient (Wildman–Crippen LogP) is 5.26. The number of fused-ring (bicyclic) bond motifs is 1. The van der Waals surface area contributed by atoms with E-state index in [4.69, 9.17) is 13.9 Å². The van der Waals surface area contributed by atoms with Gasteiger partial charge in [-0.2, -0.15) is 0 Å². The van der Waals surface area contributed by atoms with Gasteiger partial charge in [-0.1, -0.05) is 33.8 Å². The first-order valence-corrected chi connectivity index (χ1v) is 13.7. The van der Waals surface area contributed by atoms with E-state index in [1.807, 2.05) is 12.2 Å². The smallest absolute Gasteiger partial charge is 0.192 e. The summed E-state index contributed by atoms with van der Waals surface area (Å²) >= 11 is 0. The molecule has 1 saturated heterocycles. The summed E-state index contributed by atoms with van der Waals surface area (Å²) in [6.07, 6.45) is 7.14. The van der Waals surface area contributed by atoms with Crippen LogP contribution in [0.5, 0.6) is 0 Å². The fraction of sp³-hybridized carbons (Fsp3) is 0.783. The average Bonchev–Trinajstić information content (AvgIpc) is 3.10.